The van der Waals surface area contributed by atoms with Crippen molar-refractivity contribution >= 4 is 11.6 Å². The van der Waals surface area contributed by atoms with Crippen LogP contribution in [0.15, 0.2) is 18.5 Å². The number of aryl methyl sites for hydroxylation is 2. The summed E-state index contributed by atoms with van der Waals surface area (Å²) in [6.45, 7) is 3.38. The van der Waals surface area contributed by atoms with Gasteiger partial charge < -0.3 is 11.1 Å². The fourth-order valence-electron chi connectivity index (χ4n) is 1.96. The van der Waals surface area contributed by atoms with Crippen LogP contribution in [0.2, 0.25) is 0 Å². The zero-order valence-corrected chi connectivity index (χ0v) is 11.6. The van der Waals surface area contributed by atoms with Crippen LogP contribution < -0.4 is 11.1 Å². The summed E-state index contributed by atoms with van der Waals surface area (Å²) in [7, 11) is 0. The summed E-state index contributed by atoms with van der Waals surface area (Å²) in [6, 6.07) is 1.87. The molecule has 0 atom stereocenters. The highest BCUT2D eigenvalue weighted by Gasteiger charge is 2.16. The Morgan fingerprint density at radius 1 is 1.55 bits per heavy atom. The molecule has 0 saturated heterocycles. The molecule has 4 N–H and O–H groups in total. The average molecular weight is 276 g/mol. The van der Waals surface area contributed by atoms with Gasteiger partial charge in [0.1, 0.15) is 0 Å². The van der Waals surface area contributed by atoms with Crippen molar-refractivity contribution in [2.24, 2.45) is 0 Å². The topological polar surface area (TPSA) is 102 Å². The van der Waals surface area contributed by atoms with E-state index < -0.39 is 0 Å². The van der Waals surface area contributed by atoms with E-state index in [4.69, 9.17) is 5.73 Å². The lowest BCUT2D eigenvalue weighted by Crippen LogP contribution is -2.26. The molecule has 7 heteroatoms. The van der Waals surface area contributed by atoms with Gasteiger partial charge >= 0.3 is 0 Å². The second kappa shape index (κ2) is 6.74. The fraction of sp³-hybridized carbons (Fsp3) is 0.462. The van der Waals surface area contributed by atoms with E-state index in [1.54, 1.807) is 6.20 Å². The van der Waals surface area contributed by atoms with Crippen LogP contribution in [0.25, 0.3) is 0 Å². The Labute approximate surface area is 117 Å². The molecular weight excluding hydrogens is 256 g/mol. The number of carbonyl (C=O) groups is 1. The van der Waals surface area contributed by atoms with E-state index in [1.165, 1.54) is 0 Å². The lowest BCUT2D eigenvalue weighted by atomic mass is 10.2. The van der Waals surface area contributed by atoms with Gasteiger partial charge in [-0.05, 0) is 18.9 Å². The molecule has 0 radical (unpaired) electrons. The van der Waals surface area contributed by atoms with Gasteiger partial charge in [0.05, 0.1) is 11.4 Å². The Morgan fingerprint density at radius 3 is 3.10 bits per heavy atom. The molecule has 0 bridgehead atoms. The first-order chi connectivity index (χ1) is 9.72. The van der Waals surface area contributed by atoms with Crippen molar-refractivity contribution in [2.45, 2.75) is 32.7 Å². The number of nitrogens with one attached hydrogen (secondary N) is 2. The molecule has 20 heavy (non-hydrogen) atoms. The zero-order valence-electron chi connectivity index (χ0n) is 11.6. The average Bonchev–Trinajstić information content (AvgIpc) is 3.06. The number of carbonyl (C=O) groups excluding carboxylic acids is 1. The Morgan fingerprint density at radius 2 is 2.40 bits per heavy atom. The predicted molar refractivity (Wildman–Crippen MR) is 76.2 cm³/mol. The third-order valence-corrected chi connectivity index (χ3v) is 3.01. The molecule has 0 aliphatic heterocycles. The van der Waals surface area contributed by atoms with E-state index >= 15 is 0 Å². The van der Waals surface area contributed by atoms with Gasteiger partial charge in [-0.3, -0.25) is 14.6 Å². The molecule has 0 spiro atoms. The van der Waals surface area contributed by atoms with E-state index in [0.29, 0.717) is 12.2 Å². The minimum absolute atomic E-state index is 0.235. The molecule has 0 unspecified atom stereocenters. The van der Waals surface area contributed by atoms with Crippen molar-refractivity contribution < 1.29 is 4.79 Å². The van der Waals surface area contributed by atoms with Gasteiger partial charge in [0, 0.05) is 25.5 Å². The summed E-state index contributed by atoms with van der Waals surface area (Å²) in [6.07, 6.45) is 6.19. The number of nitrogens with zero attached hydrogens (tertiary/aromatic N) is 3. The summed E-state index contributed by atoms with van der Waals surface area (Å²) >= 11 is 0. The largest absolute Gasteiger partial charge is 0.395 e. The maximum absolute atomic E-state index is 11.9. The SMILES string of the molecule is CCCc1[nH]nc(C(=O)NCCCn2cccn2)c1N. The van der Waals surface area contributed by atoms with Crippen LogP contribution >= 0.6 is 0 Å². The molecule has 0 aliphatic rings. The number of rotatable bonds is 7. The van der Waals surface area contributed by atoms with Gasteiger partial charge in [0.15, 0.2) is 5.69 Å². The van der Waals surface area contributed by atoms with E-state index in [0.717, 1.165) is 31.5 Å². The van der Waals surface area contributed by atoms with Crippen molar-refractivity contribution in [3.05, 3.63) is 29.8 Å². The minimum atomic E-state index is -0.235. The van der Waals surface area contributed by atoms with E-state index in [-0.39, 0.29) is 11.6 Å². The molecule has 2 heterocycles. The van der Waals surface area contributed by atoms with Crippen molar-refractivity contribution in [1.82, 2.24) is 25.3 Å². The van der Waals surface area contributed by atoms with Gasteiger partial charge in [0.2, 0.25) is 0 Å². The summed E-state index contributed by atoms with van der Waals surface area (Å²) in [5.74, 6) is -0.235. The number of anilines is 1. The van der Waals surface area contributed by atoms with Gasteiger partial charge in [-0.2, -0.15) is 10.2 Å². The normalized spacial score (nSPS) is 10.7. The van der Waals surface area contributed by atoms with Crippen molar-refractivity contribution in [3.8, 4) is 0 Å². The third-order valence-electron chi connectivity index (χ3n) is 3.01. The van der Waals surface area contributed by atoms with Gasteiger partial charge in [-0.1, -0.05) is 13.3 Å². The first-order valence-electron chi connectivity index (χ1n) is 6.80. The first-order valence-corrected chi connectivity index (χ1v) is 6.80. The maximum atomic E-state index is 11.9. The Kier molecular flexibility index (Phi) is 4.75. The third kappa shape index (κ3) is 3.37. The number of hydrogen-bond donors (Lipinski definition) is 3. The number of nitrogens with two attached hydrogens (primary N) is 1. The second-order valence-electron chi connectivity index (χ2n) is 4.59. The van der Waals surface area contributed by atoms with Crippen molar-refractivity contribution in [3.63, 3.8) is 0 Å². The molecule has 0 aliphatic carbocycles. The molecule has 0 aromatic carbocycles. The summed E-state index contributed by atoms with van der Waals surface area (Å²) in [5, 5.41) is 13.7. The molecule has 7 nitrogen and oxygen atoms in total. The molecule has 1 amide bonds. The monoisotopic (exact) mass is 276 g/mol. The Bertz CT molecular complexity index is 545. The summed E-state index contributed by atoms with van der Waals surface area (Å²) in [5.41, 5.74) is 7.47. The molecule has 0 saturated carbocycles. The van der Waals surface area contributed by atoms with Crippen LogP contribution in [-0.2, 0) is 13.0 Å². The van der Waals surface area contributed by atoms with Crippen LogP contribution in [0, 0.1) is 0 Å². The number of H-pyrrole nitrogens is 1. The van der Waals surface area contributed by atoms with Crippen LogP contribution in [-0.4, -0.2) is 32.4 Å². The van der Waals surface area contributed by atoms with E-state index in [1.807, 2.05) is 16.9 Å². The summed E-state index contributed by atoms with van der Waals surface area (Å²) < 4.78 is 1.83. The standard InChI is InChI=1S/C13H20N6O/c1-2-5-10-11(14)12(18-17-10)13(20)15-6-3-8-19-9-4-7-16-19/h4,7,9H,2-3,5-6,8,14H2,1H3,(H,15,20)(H,17,18). The Balaban J connectivity index is 1.79. The van der Waals surface area contributed by atoms with Gasteiger partial charge in [-0.25, -0.2) is 0 Å². The highest BCUT2D eigenvalue weighted by molar-refractivity contribution is 5.97. The second-order valence-corrected chi connectivity index (χ2v) is 4.59. The first kappa shape index (κ1) is 14.1. The molecule has 2 rings (SSSR count). The predicted octanol–water partition coefficient (Wildman–Crippen LogP) is 0.961. The fourth-order valence-corrected chi connectivity index (χ4v) is 1.96. The molecule has 2 aromatic heterocycles. The molecular formula is C13H20N6O. The number of hydrogen-bond acceptors (Lipinski definition) is 4. The quantitative estimate of drug-likeness (QED) is 0.655. The zero-order chi connectivity index (χ0) is 14.4. The highest BCUT2D eigenvalue weighted by atomic mass is 16.1. The van der Waals surface area contributed by atoms with Crippen molar-refractivity contribution in [2.75, 3.05) is 12.3 Å². The van der Waals surface area contributed by atoms with Crippen molar-refractivity contribution in [1.29, 1.82) is 0 Å². The molecule has 108 valence electrons. The molecule has 0 fully saturated rings. The highest BCUT2D eigenvalue weighted by Crippen LogP contribution is 2.15. The maximum Gasteiger partial charge on any atom is 0.273 e. The Hall–Kier alpha value is -2.31. The number of nitrogen functional groups attached to an aromatic ring is 1. The lowest BCUT2D eigenvalue weighted by molar-refractivity contribution is 0.0948. The van der Waals surface area contributed by atoms with Gasteiger partial charge in [0.25, 0.3) is 5.91 Å². The number of aromatic amines is 1. The number of amides is 1. The molecule has 2 aromatic rings. The lowest BCUT2D eigenvalue weighted by Gasteiger charge is -2.04. The smallest absolute Gasteiger partial charge is 0.273 e. The van der Waals surface area contributed by atoms with Gasteiger partial charge in [-0.15, -0.1) is 0 Å². The van der Waals surface area contributed by atoms with Crippen LogP contribution in [0.5, 0.6) is 0 Å². The van der Waals surface area contributed by atoms with E-state index in [2.05, 4.69) is 27.5 Å². The van der Waals surface area contributed by atoms with E-state index in [9.17, 15) is 4.79 Å². The minimum Gasteiger partial charge on any atom is -0.395 e. The van der Waals surface area contributed by atoms with Crippen LogP contribution in [0.4, 0.5) is 5.69 Å². The van der Waals surface area contributed by atoms with Crippen LogP contribution in [0.1, 0.15) is 35.9 Å². The summed E-state index contributed by atoms with van der Waals surface area (Å²) in [4.78, 5) is 11.9. The number of aromatic nitrogens is 4. The van der Waals surface area contributed by atoms with Crippen LogP contribution in [0.3, 0.4) is 0 Å².